The van der Waals surface area contributed by atoms with Gasteiger partial charge in [-0.25, -0.2) is 0 Å². The lowest BCUT2D eigenvalue weighted by atomic mass is 9.95. The number of non-ortho nitro benzene ring substituents is 1. The molecule has 0 bridgehead atoms. The van der Waals surface area contributed by atoms with E-state index in [-0.39, 0.29) is 17.6 Å². The van der Waals surface area contributed by atoms with Crippen molar-refractivity contribution in [3.05, 3.63) is 64.2 Å². The molecule has 1 aliphatic rings. The van der Waals surface area contributed by atoms with Gasteiger partial charge in [-0.15, -0.1) is 0 Å². The number of rotatable bonds is 5. The van der Waals surface area contributed by atoms with Gasteiger partial charge in [0.1, 0.15) is 0 Å². The van der Waals surface area contributed by atoms with Crippen molar-refractivity contribution in [2.75, 3.05) is 13.1 Å². The van der Waals surface area contributed by atoms with Crippen molar-refractivity contribution in [2.24, 2.45) is 5.92 Å². The van der Waals surface area contributed by atoms with E-state index in [4.69, 9.17) is 0 Å². The molecule has 2 aromatic rings. The molecular weight excluding hydrogens is 350 g/mol. The van der Waals surface area contributed by atoms with Crippen molar-refractivity contribution in [3.63, 3.8) is 0 Å². The first-order valence-corrected chi connectivity index (χ1v) is 9.39. The SMILES string of the molecule is CC1CNCCC1NC(=O)c1cc([N+](=O)[O-])ccc1Sc1ccccc1. The maximum absolute atomic E-state index is 12.9. The molecule has 2 aromatic carbocycles. The fourth-order valence-corrected chi connectivity index (χ4v) is 3.93. The van der Waals surface area contributed by atoms with Gasteiger partial charge >= 0.3 is 0 Å². The average Bonchev–Trinajstić information content (AvgIpc) is 2.64. The molecule has 1 saturated heterocycles. The first kappa shape index (κ1) is 18.4. The summed E-state index contributed by atoms with van der Waals surface area (Å²) in [5.41, 5.74) is 0.268. The minimum absolute atomic E-state index is 0.0672. The second kappa shape index (κ2) is 8.33. The average molecular weight is 371 g/mol. The monoisotopic (exact) mass is 371 g/mol. The number of nitro benzene ring substituents is 1. The quantitative estimate of drug-likeness (QED) is 0.621. The summed E-state index contributed by atoms with van der Waals surface area (Å²) in [6, 6.07) is 14.2. The van der Waals surface area contributed by atoms with Crippen LogP contribution in [0.3, 0.4) is 0 Å². The van der Waals surface area contributed by atoms with Crippen LogP contribution in [0, 0.1) is 16.0 Å². The number of nitrogens with zero attached hydrogens (tertiary/aromatic N) is 1. The number of carbonyl (C=O) groups excluding carboxylic acids is 1. The van der Waals surface area contributed by atoms with E-state index in [1.807, 2.05) is 30.3 Å². The minimum atomic E-state index is -0.471. The molecule has 0 aliphatic carbocycles. The fraction of sp³-hybridized carbons (Fsp3) is 0.316. The summed E-state index contributed by atoms with van der Waals surface area (Å²) in [5, 5.41) is 17.5. The Morgan fingerprint density at radius 3 is 2.73 bits per heavy atom. The van der Waals surface area contributed by atoms with Crippen molar-refractivity contribution in [1.82, 2.24) is 10.6 Å². The van der Waals surface area contributed by atoms with Gasteiger partial charge in [0.25, 0.3) is 11.6 Å². The molecule has 0 saturated carbocycles. The summed E-state index contributed by atoms with van der Waals surface area (Å²) in [6.07, 6.45) is 0.850. The largest absolute Gasteiger partial charge is 0.349 e. The Hall–Kier alpha value is -2.38. The Morgan fingerprint density at radius 1 is 1.27 bits per heavy atom. The van der Waals surface area contributed by atoms with Gasteiger partial charge in [0.2, 0.25) is 0 Å². The molecule has 1 heterocycles. The third kappa shape index (κ3) is 4.42. The van der Waals surface area contributed by atoms with Crippen LogP contribution < -0.4 is 10.6 Å². The Balaban J connectivity index is 1.87. The summed E-state index contributed by atoms with van der Waals surface area (Å²) in [5.74, 6) is 0.0579. The van der Waals surface area contributed by atoms with Gasteiger partial charge in [-0.05, 0) is 43.6 Å². The van der Waals surface area contributed by atoms with Crippen LogP contribution >= 0.6 is 11.8 Å². The van der Waals surface area contributed by atoms with E-state index in [1.165, 1.54) is 23.9 Å². The van der Waals surface area contributed by atoms with Gasteiger partial charge < -0.3 is 10.6 Å². The lowest BCUT2D eigenvalue weighted by molar-refractivity contribution is -0.384. The summed E-state index contributed by atoms with van der Waals surface area (Å²) in [4.78, 5) is 25.2. The highest BCUT2D eigenvalue weighted by molar-refractivity contribution is 7.99. The lowest BCUT2D eigenvalue weighted by Crippen LogP contribution is -2.48. The Kier molecular flexibility index (Phi) is 5.90. The summed E-state index contributed by atoms with van der Waals surface area (Å²) < 4.78 is 0. The van der Waals surface area contributed by atoms with Crippen molar-refractivity contribution >= 4 is 23.4 Å². The van der Waals surface area contributed by atoms with Crippen molar-refractivity contribution in [2.45, 2.75) is 29.2 Å². The predicted octanol–water partition coefficient (Wildman–Crippen LogP) is 3.47. The highest BCUT2D eigenvalue weighted by atomic mass is 32.2. The number of carbonyl (C=O) groups is 1. The summed E-state index contributed by atoms with van der Waals surface area (Å²) in [7, 11) is 0. The molecule has 0 radical (unpaired) electrons. The van der Waals surface area contributed by atoms with Crippen LogP contribution in [0.4, 0.5) is 5.69 Å². The van der Waals surface area contributed by atoms with Gasteiger partial charge in [-0.2, -0.15) is 0 Å². The van der Waals surface area contributed by atoms with Crippen LogP contribution in [0.2, 0.25) is 0 Å². The van der Waals surface area contributed by atoms with E-state index in [2.05, 4.69) is 17.6 Å². The van der Waals surface area contributed by atoms with E-state index in [0.29, 0.717) is 16.4 Å². The standard InChI is InChI=1S/C19H21N3O3S/c1-13-12-20-10-9-17(13)21-19(23)16-11-14(22(24)25)7-8-18(16)26-15-5-3-2-4-6-15/h2-8,11,13,17,20H,9-10,12H2,1H3,(H,21,23). The molecule has 1 aliphatic heterocycles. The maximum Gasteiger partial charge on any atom is 0.270 e. The van der Waals surface area contributed by atoms with E-state index in [9.17, 15) is 14.9 Å². The molecule has 3 rings (SSSR count). The topological polar surface area (TPSA) is 84.3 Å². The van der Waals surface area contributed by atoms with Gasteiger partial charge in [-0.3, -0.25) is 14.9 Å². The molecule has 26 heavy (non-hydrogen) atoms. The van der Waals surface area contributed by atoms with Crippen LogP contribution in [0.5, 0.6) is 0 Å². The number of piperidine rings is 1. The van der Waals surface area contributed by atoms with E-state index in [1.54, 1.807) is 6.07 Å². The molecule has 2 unspecified atom stereocenters. The third-order valence-corrected chi connectivity index (χ3v) is 5.58. The number of nitrogens with one attached hydrogen (secondary N) is 2. The molecular formula is C19H21N3O3S. The Morgan fingerprint density at radius 2 is 2.04 bits per heavy atom. The van der Waals surface area contributed by atoms with Crippen molar-refractivity contribution in [3.8, 4) is 0 Å². The molecule has 7 heteroatoms. The van der Waals surface area contributed by atoms with Crippen LogP contribution in [0.1, 0.15) is 23.7 Å². The molecule has 1 amide bonds. The zero-order valence-corrected chi connectivity index (χ0v) is 15.3. The second-order valence-corrected chi connectivity index (χ2v) is 7.52. The van der Waals surface area contributed by atoms with Gasteiger partial charge in [0, 0.05) is 28.0 Å². The number of benzene rings is 2. The highest BCUT2D eigenvalue weighted by Crippen LogP contribution is 2.32. The summed E-state index contributed by atoms with van der Waals surface area (Å²) in [6.45, 7) is 3.80. The zero-order valence-electron chi connectivity index (χ0n) is 14.5. The number of hydrogen-bond acceptors (Lipinski definition) is 5. The third-order valence-electron chi connectivity index (χ3n) is 4.49. The smallest absolute Gasteiger partial charge is 0.270 e. The number of nitro groups is 1. The number of amides is 1. The lowest BCUT2D eigenvalue weighted by Gasteiger charge is -2.30. The van der Waals surface area contributed by atoms with Crippen LogP contribution in [-0.2, 0) is 0 Å². The Labute approximate surface area is 156 Å². The van der Waals surface area contributed by atoms with E-state index >= 15 is 0 Å². The fourth-order valence-electron chi connectivity index (χ4n) is 2.99. The molecule has 0 aromatic heterocycles. The first-order valence-electron chi connectivity index (χ1n) is 8.57. The van der Waals surface area contributed by atoms with Gasteiger partial charge in [-0.1, -0.05) is 36.9 Å². The summed E-state index contributed by atoms with van der Waals surface area (Å²) >= 11 is 1.43. The Bertz CT molecular complexity index is 798. The number of hydrogen-bond donors (Lipinski definition) is 2. The van der Waals surface area contributed by atoms with Crippen LogP contribution in [0.15, 0.2) is 58.3 Å². The van der Waals surface area contributed by atoms with E-state index in [0.717, 1.165) is 24.4 Å². The molecule has 136 valence electrons. The normalized spacial score (nSPS) is 19.7. The van der Waals surface area contributed by atoms with Crippen LogP contribution in [0.25, 0.3) is 0 Å². The molecule has 2 N–H and O–H groups in total. The second-order valence-electron chi connectivity index (χ2n) is 6.40. The van der Waals surface area contributed by atoms with Crippen molar-refractivity contribution < 1.29 is 9.72 Å². The van der Waals surface area contributed by atoms with Gasteiger partial charge in [0.05, 0.1) is 10.5 Å². The molecule has 0 spiro atoms. The minimum Gasteiger partial charge on any atom is -0.349 e. The predicted molar refractivity (Wildman–Crippen MR) is 102 cm³/mol. The highest BCUT2D eigenvalue weighted by Gasteiger charge is 2.25. The van der Waals surface area contributed by atoms with E-state index < -0.39 is 4.92 Å². The zero-order chi connectivity index (χ0) is 18.5. The maximum atomic E-state index is 12.9. The molecule has 6 nitrogen and oxygen atoms in total. The molecule has 2 atom stereocenters. The van der Waals surface area contributed by atoms with Crippen molar-refractivity contribution in [1.29, 1.82) is 0 Å². The van der Waals surface area contributed by atoms with Crippen LogP contribution in [-0.4, -0.2) is 30.0 Å². The molecule has 1 fully saturated rings. The first-order chi connectivity index (χ1) is 12.5. The van der Waals surface area contributed by atoms with Gasteiger partial charge in [0.15, 0.2) is 0 Å².